The van der Waals surface area contributed by atoms with Crippen LogP contribution in [0.5, 0.6) is 0 Å². The molecule has 0 aliphatic carbocycles. The lowest BCUT2D eigenvalue weighted by Gasteiger charge is -2.27. The minimum Gasteiger partial charge on any atom is -0.356 e. The number of halogens is 2. The molecule has 0 unspecified atom stereocenters. The quantitative estimate of drug-likeness (QED) is 0.705. The zero-order valence-electron chi connectivity index (χ0n) is 12.7. The number of nitrogens with zero attached hydrogens (tertiary/aromatic N) is 1. The van der Waals surface area contributed by atoms with Crippen molar-refractivity contribution in [2.45, 2.75) is 19.3 Å². The second kappa shape index (κ2) is 9.50. The number of carbonyl (C=O) groups is 1. The Kier molecular flexibility index (Phi) is 7.66. The first kappa shape index (κ1) is 17.7. The third-order valence-corrected chi connectivity index (χ3v) is 4.82. The maximum absolute atomic E-state index is 11.9. The van der Waals surface area contributed by atoms with Gasteiger partial charge in [-0.1, -0.05) is 27.5 Å². The van der Waals surface area contributed by atoms with E-state index in [0.29, 0.717) is 17.9 Å². The first-order valence-corrected chi connectivity index (χ1v) is 8.96. The molecule has 22 heavy (non-hydrogen) atoms. The van der Waals surface area contributed by atoms with Gasteiger partial charge < -0.3 is 15.5 Å². The predicted molar refractivity (Wildman–Crippen MR) is 94.4 cm³/mol. The molecule has 1 heterocycles. The number of carbonyl (C=O) groups excluding carboxylic acids is 1. The molecule has 1 saturated heterocycles. The number of piperazine rings is 1. The lowest BCUT2D eigenvalue weighted by Crippen LogP contribution is -2.44. The van der Waals surface area contributed by atoms with Crippen LogP contribution >= 0.6 is 27.5 Å². The molecule has 1 fully saturated rings. The predicted octanol–water partition coefficient (Wildman–Crippen LogP) is 2.45. The van der Waals surface area contributed by atoms with Crippen molar-refractivity contribution in [3.05, 3.63) is 33.3 Å². The van der Waals surface area contributed by atoms with E-state index in [1.807, 2.05) is 18.2 Å². The summed E-state index contributed by atoms with van der Waals surface area (Å²) in [6.07, 6.45) is 2.20. The van der Waals surface area contributed by atoms with E-state index in [1.54, 1.807) is 0 Å². The number of hydrogen-bond donors (Lipinski definition) is 2. The van der Waals surface area contributed by atoms with Gasteiger partial charge >= 0.3 is 0 Å². The highest BCUT2D eigenvalue weighted by Gasteiger charge is 2.09. The maximum atomic E-state index is 11.9. The molecular formula is C16H23BrClN3O. The Morgan fingerprint density at radius 3 is 2.91 bits per heavy atom. The van der Waals surface area contributed by atoms with Crippen LogP contribution in [-0.4, -0.2) is 50.1 Å². The fourth-order valence-corrected chi connectivity index (χ4v) is 3.18. The highest BCUT2D eigenvalue weighted by atomic mass is 79.9. The van der Waals surface area contributed by atoms with Crippen LogP contribution in [0.1, 0.15) is 18.4 Å². The Hall–Kier alpha value is -0.620. The van der Waals surface area contributed by atoms with Gasteiger partial charge in [-0.15, -0.1) is 0 Å². The van der Waals surface area contributed by atoms with E-state index in [-0.39, 0.29) is 5.91 Å². The van der Waals surface area contributed by atoms with Crippen LogP contribution < -0.4 is 10.6 Å². The molecule has 2 rings (SSSR count). The number of aryl methyl sites for hydroxylation is 1. The van der Waals surface area contributed by atoms with E-state index in [0.717, 1.165) is 55.7 Å². The minimum atomic E-state index is 0.104. The van der Waals surface area contributed by atoms with Gasteiger partial charge in [0, 0.05) is 48.6 Å². The number of benzene rings is 1. The zero-order valence-corrected chi connectivity index (χ0v) is 15.0. The molecular weight excluding hydrogens is 366 g/mol. The third kappa shape index (κ3) is 6.24. The van der Waals surface area contributed by atoms with Crippen molar-refractivity contribution < 1.29 is 4.79 Å². The molecule has 1 aliphatic rings. The summed E-state index contributed by atoms with van der Waals surface area (Å²) in [6, 6.07) is 5.66. The third-order valence-electron chi connectivity index (χ3n) is 3.81. The lowest BCUT2D eigenvalue weighted by molar-refractivity contribution is -0.121. The van der Waals surface area contributed by atoms with Crippen LogP contribution in [0.25, 0.3) is 0 Å². The summed E-state index contributed by atoms with van der Waals surface area (Å²) in [4.78, 5) is 14.3. The van der Waals surface area contributed by atoms with E-state index in [4.69, 9.17) is 11.6 Å². The van der Waals surface area contributed by atoms with Crippen molar-refractivity contribution >= 4 is 33.4 Å². The highest BCUT2D eigenvalue weighted by Crippen LogP contribution is 2.22. The fourth-order valence-electron chi connectivity index (χ4n) is 2.54. The molecule has 0 atom stereocenters. The van der Waals surface area contributed by atoms with Crippen LogP contribution in [0.15, 0.2) is 22.7 Å². The molecule has 4 nitrogen and oxygen atoms in total. The van der Waals surface area contributed by atoms with E-state index in [1.165, 1.54) is 0 Å². The summed E-state index contributed by atoms with van der Waals surface area (Å²) in [5, 5.41) is 7.04. The first-order valence-electron chi connectivity index (χ1n) is 7.79. The lowest BCUT2D eigenvalue weighted by atomic mass is 10.1. The van der Waals surface area contributed by atoms with Crippen molar-refractivity contribution in [1.29, 1.82) is 0 Å². The van der Waals surface area contributed by atoms with Crippen LogP contribution in [0.3, 0.4) is 0 Å². The Morgan fingerprint density at radius 1 is 1.36 bits per heavy atom. The van der Waals surface area contributed by atoms with Gasteiger partial charge in [0.2, 0.25) is 5.91 Å². The first-order chi connectivity index (χ1) is 10.6. The molecule has 0 aromatic heterocycles. The van der Waals surface area contributed by atoms with Gasteiger partial charge in [-0.2, -0.15) is 0 Å². The summed E-state index contributed by atoms with van der Waals surface area (Å²) in [7, 11) is 0. The van der Waals surface area contributed by atoms with Crippen LogP contribution in [-0.2, 0) is 11.2 Å². The molecule has 1 aromatic carbocycles. The smallest absolute Gasteiger partial charge is 0.220 e. The van der Waals surface area contributed by atoms with Crippen LogP contribution in [0, 0.1) is 0 Å². The Labute approximate surface area is 145 Å². The van der Waals surface area contributed by atoms with Gasteiger partial charge in [-0.05, 0) is 43.1 Å². The standard InChI is InChI=1S/C16H23BrClN3O/c17-15-4-3-14(18)12-13(15)2-5-16(22)20-6-1-9-21-10-7-19-8-11-21/h3-4,12,19H,1-2,5-11H2,(H,20,22). The molecule has 1 amide bonds. The van der Waals surface area contributed by atoms with Crippen molar-refractivity contribution in [2.24, 2.45) is 0 Å². The molecule has 0 radical (unpaired) electrons. The topological polar surface area (TPSA) is 44.4 Å². The van der Waals surface area contributed by atoms with Gasteiger partial charge in [-0.3, -0.25) is 4.79 Å². The van der Waals surface area contributed by atoms with E-state index in [9.17, 15) is 4.79 Å². The van der Waals surface area contributed by atoms with Gasteiger partial charge in [-0.25, -0.2) is 0 Å². The second-order valence-electron chi connectivity index (χ2n) is 5.53. The zero-order chi connectivity index (χ0) is 15.8. The summed E-state index contributed by atoms with van der Waals surface area (Å²) in [5.41, 5.74) is 1.07. The highest BCUT2D eigenvalue weighted by molar-refractivity contribution is 9.10. The van der Waals surface area contributed by atoms with Crippen molar-refractivity contribution in [1.82, 2.24) is 15.5 Å². The fraction of sp³-hybridized carbons (Fsp3) is 0.562. The Morgan fingerprint density at radius 2 is 2.14 bits per heavy atom. The van der Waals surface area contributed by atoms with Crippen molar-refractivity contribution in [2.75, 3.05) is 39.3 Å². The maximum Gasteiger partial charge on any atom is 0.220 e. The Balaban J connectivity index is 1.60. The van der Waals surface area contributed by atoms with Crippen LogP contribution in [0.2, 0.25) is 5.02 Å². The Bertz CT molecular complexity index is 492. The molecule has 0 bridgehead atoms. The average molecular weight is 389 g/mol. The molecule has 2 N–H and O–H groups in total. The molecule has 1 aliphatic heterocycles. The van der Waals surface area contributed by atoms with Gasteiger partial charge in [0.05, 0.1) is 0 Å². The van der Waals surface area contributed by atoms with Crippen LogP contribution in [0.4, 0.5) is 0 Å². The number of amides is 1. The SMILES string of the molecule is O=C(CCc1cc(Cl)ccc1Br)NCCCN1CCNCC1. The van der Waals surface area contributed by atoms with Crippen molar-refractivity contribution in [3.63, 3.8) is 0 Å². The van der Waals surface area contributed by atoms with E-state index in [2.05, 4.69) is 31.5 Å². The summed E-state index contributed by atoms with van der Waals surface area (Å²) in [6.45, 7) is 6.16. The molecule has 1 aromatic rings. The molecule has 122 valence electrons. The molecule has 0 saturated carbocycles. The largest absolute Gasteiger partial charge is 0.356 e. The number of rotatable bonds is 7. The summed E-state index contributed by atoms with van der Waals surface area (Å²) < 4.78 is 1.00. The monoisotopic (exact) mass is 387 g/mol. The molecule has 0 spiro atoms. The molecule has 6 heteroatoms. The number of hydrogen-bond acceptors (Lipinski definition) is 3. The van der Waals surface area contributed by atoms with Gasteiger partial charge in [0.25, 0.3) is 0 Å². The average Bonchev–Trinajstić information content (AvgIpc) is 2.53. The van der Waals surface area contributed by atoms with Crippen molar-refractivity contribution in [3.8, 4) is 0 Å². The normalized spacial score (nSPS) is 15.7. The number of nitrogens with one attached hydrogen (secondary N) is 2. The summed E-state index contributed by atoms with van der Waals surface area (Å²) >= 11 is 9.47. The van der Waals surface area contributed by atoms with E-state index >= 15 is 0 Å². The van der Waals surface area contributed by atoms with E-state index < -0.39 is 0 Å². The van der Waals surface area contributed by atoms with Gasteiger partial charge in [0.1, 0.15) is 0 Å². The minimum absolute atomic E-state index is 0.104. The van der Waals surface area contributed by atoms with Gasteiger partial charge in [0.15, 0.2) is 0 Å². The summed E-state index contributed by atoms with van der Waals surface area (Å²) in [5.74, 6) is 0.104. The second-order valence-corrected chi connectivity index (χ2v) is 6.82.